The fourth-order valence-corrected chi connectivity index (χ4v) is 3.70. The van der Waals surface area contributed by atoms with Crippen LogP contribution in [-0.2, 0) is 19.9 Å². The Morgan fingerprint density at radius 3 is 2.53 bits per heavy atom. The number of hydrogen-bond acceptors (Lipinski definition) is 6. The molecule has 0 bridgehead atoms. The number of sulfonamides is 1. The number of sulfone groups is 1. The van der Waals surface area contributed by atoms with Gasteiger partial charge in [0.05, 0.1) is 23.2 Å². The summed E-state index contributed by atoms with van der Waals surface area (Å²) >= 11 is 0. The number of benzene rings is 1. The molecule has 0 aliphatic carbocycles. The summed E-state index contributed by atoms with van der Waals surface area (Å²) in [6.07, 6.45) is 1.48. The number of nitrogen functional groups attached to an aromatic ring is 1. The Labute approximate surface area is 111 Å². The summed E-state index contributed by atoms with van der Waals surface area (Å²) in [5, 5.41) is 9.01. The highest BCUT2D eigenvalue weighted by Crippen LogP contribution is 2.27. The number of primary sulfonamides is 1. The minimum absolute atomic E-state index is 0.0253. The minimum Gasteiger partial charge on any atom is -0.396 e. The molecule has 1 unspecified atom stereocenters. The highest BCUT2D eigenvalue weighted by molar-refractivity contribution is 7.94. The van der Waals surface area contributed by atoms with E-state index < -0.39 is 25.9 Å². The van der Waals surface area contributed by atoms with Gasteiger partial charge in [0.25, 0.3) is 0 Å². The van der Waals surface area contributed by atoms with E-state index in [0.29, 0.717) is 5.69 Å². The predicted octanol–water partition coefficient (Wildman–Crippen LogP) is -0.361. The van der Waals surface area contributed by atoms with Crippen molar-refractivity contribution in [1.82, 2.24) is 0 Å². The molecule has 0 aromatic heterocycles. The van der Waals surface area contributed by atoms with Crippen LogP contribution in [0.5, 0.6) is 0 Å². The van der Waals surface area contributed by atoms with E-state index in [1.54, 1.807) is 6.07 Å². The van der Waals surface area contributed by atoms with Crippen LogP contribution in [0.4, 0.5) is 11.4 Å². The van der Waals surface area contributed by atoms with E-state index in [0.717, 1.165) is 5.41 Å². The number of nitrogens with one attached hydrogen (secondary N) is 1. The Kier molecular flexibility index (Phi) is 3.29. The van der Waals surface area contributed by atoms with Crippen LogP contribution in [-0.4, -0.2) is 28.6 Å². The van der Waals surface area contributed by atoms with Crippen molar-refractivity contribution in [2.24, 2.45) is 5.14 Å². The summed E-state index contributed by atoms with van der Waals surface area (Å²) in [6.45, 7) is 0. The van der Waals surface area contributed by atoms with Crippen molar-refractivity contribution in [3.05, 3.63) is 29.7 Å². The molecular weight excluding hydrogens is 290 g/mol. The molecule has 19 heavy (non-hydrogen) atoms. The van der Waals surface area contributed by atoms with Crippen molar-refractivity contribution in [3.63, 3.8) is 0 Å². The number of nitrogens with two attached hydrogens (primary N) is 2. The SMILES string of the molecule is Nc1c(NC2C=CS(=O)(=O)C2)cccc1S(N)(=O)=O. The molecule has 7 nitrogen and oxygen atoms in total. The van der Waals surface area contributed by atoms with Gasteiger partial charge in [-0.15, -0.1) is 0 Å². The lowest BCUT2D eigenvalue weighted by Crippen LogP contribution is -2.22. The largest absolute Gasteiger partial charge is 0.396 e. The van der Waals surface area contributed by atoms with Gasteiger partial charge in [-0.3, -0.25) is 0 Å². The molecule has 0 fully saturated rings. The van der Waals surface area contributed by atoms with Crippen LogP contribution in [0.15, 0.2) is 34.6 Å². The highest BCUT2D eigenvalue weighted by atomic mass is 32.2. The maximum atomic E-state index is 11.3. The second kappa shape index (κ2) is 4.51. The molecule has 0 amide bonds. The molecule has 2 rings (SSSR count). The monoisotopic (exact) mass is 303 g/mol. The number of anilines is 2. The molecule has 1 aliphatic heterocycles. The van der Waals surface area contributed by atoms with Crippen LogP contribution >= 0.6 is 0 Å². The van der Waals surface area contributed by atoms with E-state index in [1.807, 2.05) is 0 Å². The maximum Gasteiger partial charge on any atom is 0.240 e. The molecule has 1 aliphatic rings. The zero-order chi connectivity index (χ0) is 14.3. The number of para-hydroxylation sites is 1. The van der Waals surface area contributed by atoms with E-state index in [1.165, 1.54) is 18.2 Å². The first-order valence-corrected chi connectivity index (χ1v) is 8.54. The predicted molar refractivity (Wildman–Crippen MR) is 72.6 cm³/mol. The Hall–Kier alpha value is -1.58. The van der Waals surface area contributed by atoms with Crippen molar-refractivity contribution in [3.8, 4) is 0 Å². The molecule has 5 N–H and O–H groups in total. The molecule has 1 aromatic carbocycles. The van der Waals surface area contributed by atoms with E-state index in [-0.39, 0.29) is 16.3 Å². The topological polar surface area (TPSA) is 132 Å². The first-order chi connectivity index (χ1) is 8.69. The normalized spacial score (nSPS) is 21.4. The number of rotatable bonds is 3. The lowest BCUT2D eigenvalue weighted by molar-refractivity contribution is 0.597. The molecule has 0 spiro atoms. The fourth-order valence-electron chi connectivity index (χ4n) is 1.78. The Morgan fingerprint density at radius 2 is 2.00 bits per heavy atom. The molecule has 0 radical (unpaired) electrons. The summed E-state index contributed by atoms with van der Waals surface area (Å²) in [6, 6.07) is 3.88. The van der Waals surface area contributed by atoms with Crippen molar-refractivity contribution >= 4 is 31.2 Å². The molecule has 1 heterocycles. The third-order valence-corrected chi connectivity index (χ3v) is 5.01. The van der Waals surface area contributed by atoms with Crippen LogP contribution in [0.3, 0.4) is 0 Å². The van der Waals surface area contributed by atoms with Gasteiger partial charge in [0.2, 0.25) is 10.0 Å². The molecule has 9 heteroatoms. The molecule has 0 saturated carbocycles. The summed E-state index contributed by atoms with van der Waals surface area (Å²) in [4.78, 5) is -0.192. The Morgan fingerprint density at radius 1 is 1.32 bits per heavy atom. The Balaban J connectivity index is 2.31. The zero-order valence-corrected chi connectivity index (χ0v) is 11.4. The first-order valence-electron chi connectivity index (χ1n) is 5.28. The summed E-state index contributed by atoms with van der Waals surface area (Å²) < 4.78 is 45.1. The smallest absolute Gasteiger partial charge is 0.240 e. The van der Waals surface area contributed by atoms with Gasteiger partial charge in [-0.2, -0.15) is 0 Å². The standard InChI is InChI=1S/C10H13N3O4S2/c11-10-8(2-1-3-9(10)19(12,16)17)13-7-4-5-18(14,15)6-7/h1-5,7,13H,6,11H2,(H2,12,16,17). The second-order valence-corrected chi connectivity index (χ2v) is 7.63. The average Bonchev–Trinajstić information content (AvgIpc) is 2.59. The van der Waals surface area contributed by atoms with E-state index >= 15 is 0 Å². The van der Waals surface area contributed by atoms with Crippen molar-refractivity contribution in [2.75, 3.05) is 16.8 Å². The maximum absolute atomic E-state index is 11.3. The van der Waals surface area contributed by atoms with Crippen LogP contribution in [0.25, 0.3) is 0 Å². The second-order valence-electron chi connectivity index (χ2n) is 4.17. The fraction of sp³-hybridized carbons (Fsp3) is 0.200. The molecule has 1 aromatic rings. The van der Waals surface area contributed by atoms with Gasteiger partial charge in [0.1, 0.15) is 4.90 Å². The third-order valence-electron chi connectivity index (χ3n) is 2.64. The molecule has 104 valence electrons. The molecule has 1 atom stereocenters. The molecular formula is C10H13N3O4S2. The van der Waals surface area contributed by atoms with Crippen LogP contribution < -0.4 is 16.2 Å². The number of hydrogen-bond donors (Lipinski definition) is 3. The van der Waals surface area contributed by atoms with Crippen LogP contribution in [0.1, 0.15) is 0 Å². The summed E-state index contributed by atoms with van der Waals surface area (Å²) in [5.74, 6) is -0.0912. The van der Waals surface area contributed by atoms with E-state index in [4.69, 9.17) is 10.9 Å². The highest BCUT2D eigenvalue weighted by Gasteiger charge is 2.23. The average molecular weight is 303 g/mol. The van der Waals surface area contributed by atoms with Gasteiger partial charge < -0.3 is 11.1 Å². The summed E-state index contributed by atoms with van der Waals surface area (Å²) in [5.41, 5.74) is 6.03. The lowest BCUT2D eigenvalue weighted by atomic mass is 10.2. The van der Waals surface area contributed by atoms with Gasteiger partial charge >= 0.3 is 0 Å². The molecule has 0 saturated heterocycles. The lowest BCUT2D eigenvalue weighted by Gasteiger charge is -2.15. The first kappa shape index (κ1) is 13.8. The quantitative estimate of drug-likeness (QED) is 0.653. The van der Waals surface area contributed by atoms with Crippen LogP contribution in [0, 0.1) is 0 Å². The van der Waals surface area contributed by atoms with Crippen LogP contribution in [0.2, 0.25) is 0 Å². The summed E-state index contributed by atoms with van der Waals surface area (Å²) in [7, 11) is -7.11. The minimum atomic E-state index is -3.91. The van der Waals surface area contributed by atoms with Gasteiger partial charge in [0, 0.05) is 5.41 Å². The van der Waals surface area contributed by atoms with Gasteiger partial charge in [0.15, 0.2) is 9.84 Å². The van der Waals surface area contributed by atoms with Crippen molar-refractivity contribution in [1.29, 1.82) is 0 Å². The van der Waals surface area contributed by atoms with Gasteiger partial charge in [-0.25, -0.2) is 22.0 Å². The Bertz CT molecular complexity index is 738. The van der Waals surface area contributed by atoms with Crippen molar-refractivity contribution < 1.29 is 16.8 Å². The zero-order valence-electron chi connectivity index (χ0n) is 9.78. The van der Waals surface area contributed by atoms with Gasteiger partial charge in [-0.05, 0) is 12.1 Å². The van der Waals surface area contributed by atoms with E-state index in [2.05, 4.69) is 5.32 Å². The third kappa shape index (κ3) is 3.06. The van der Waals surface area contributed by atoms with E-state index in [9.17, 15) is 16.8 Å². The van der Waals surface area contributed by atoms with Crippen molar-refractivity contribution in [2.45, 2.75) is 10.9 Å². The van der Waals surface area contributed by atoms with Gasteiger partial charge in [-0.1, -0.05) is 12.1 Å².